The van der Waals surface area contributed by atoms with Gasteiger partial charge < -0.3 is 13.7 Å². The van der Waals surface area contributed by atoms with Crippen LogP contribution in [0.15, 0.2) is 176 Å². The van der Waals surface area contributed by atoms with Crippen LogP contribution >= 0.6 is 0 Å². The predicted octanol–water partition coefficient (Wildman–Crippen LogP) is 13.7. The zero-order chi connectivity index (χ0) is 36.6. The van der Waals surface area contributed by atoms with Crippen molar-refractivity contribution in [2.24, 2.45) is 0 Å². The molecule has 8 aromatic carbocycles. The van der Waals surface area contributed by atoms with Crippen LogP contribution < -0.4 is 0 Å². The second-order valence-electron chi connectivity index (χ2n) is 13.9. The Morgan fingerprint density at radius 1 is 0.345 bits per heavy atom. The highest BCUT2D eigenvalue weighted by Crippen LogP contribution is 2.42. The van der Waals surface area contributed by atoms with E-state index in [-0.39, 0.29) is 0 Å². The van der Waals surface area contributed by atoms with Crippen LogP contribution in [-0.4, -0.2) is 13.7 Å². The molecule has 0 bridgehead atoms. The van der Waals surface area contributed by atoms with E-state index in [4.69, 9.17) is 13.1 Å². The van der Waals surface area contributed by atoms with E-state index < -0.39 is 0 Å². The molecule has 0 aliphatic carbocycles. The van der Waals surface area contributed by atoms with E-state index in [0.717, 1.165) is 61.0 Å². The number of nitrogens with zero attached hydrogens (tertiary/aromatic N) is 5. The molecule has 3 heterocycles. The molecule has 0 aliphatic heterocycles. The van der Waals surface area contributed by atoms with Gasteiger partial charge in [-0.05, 0) is 77.2 Å². The summed E-state index contributed by atoms with van der Waals surface area (Å²) in [5, 5.41) is 6.90. The Hall–Kier alpha value is -7.86. The van der Waals surface area contributed by atoms with Gasteiger partial charge in [-0.3, -0.25) is 0 Å². The average molecular weight is 700 g/mol. The standard InChI is InChI=1S/C50H29N5/c1-51-34-26-28-47-41(31-34)39-18-6-10-23-46(39)55(47)49-30-33(25-27-42(49)52-2)32-13-11-14-35(29-32)53-43-20-7-5-17-38(43)40-19-12-24-48(50(40)53)54-44-21-8-3-15-36(44)37-16-4-9-22-45(37)54/h3-31H. The van der Waals surface area contributed by atoms with E-state index in [1.807, 2.05) is 36.4 Å². The quantitative estimate of drug-likeness (QED) is 0.163. The van der Waals surface area contributed by atoms with Gasteiger partial charge in [-0.1, -0.05) is 115 Å². The highest BCUT2D eigenvalue weighted by atomic mass is 15.1. The molecule has 0 unspecified atom stereocenters. The van der Waals surface area contributed by atoms with Gasteiger partial charge in [0.15, 0.2) is 5.69 Å². The van der Waals surface area contributed by atoms with Crippen molar-refractivity contribution in [2.75, 3.05) is 0 Å². The maximum atomic E-state index is 8.17. The van der Waals surface area contributed by atoms with E-state index in [9.17, 15) is 0 Å². The molecule has 11 rings (SSSR count). The van der Waals surface area contributed by atoms with E-state index >= 15 is 0 Å². The van der Waals surface area contributed by atoms with Gasteiger partial charge in [0, 0.05) is 32.6 Å². The van der Waals surface area contributed by atoms with Crippen LogP contribution in [0, 0.1) is 13.1 Å². The van der Waals surface area contributed by atoms with Gasteiger partial charge in [0.2, 0.25) is 5.69 Å². The van der Waals surface area contributed by atoms with E-state index in [0.29, 0.717) is 11.4 Å². The topological polar surface area (TPSA) is 23.5 Å². The molecule has 0 spiro atoms. The van der Waals surface area contributed by atoms with Gasteiger partial charge in [0.05, 0.1) is 57.6 Å². The molecule has 0 radical (unpaired) electrons. The van der Waals surface area contributed by atoms with E-state index in [1.165, 1.54) is 32.6 Å². The molecule has 0 saturated heterocycles. The lowest BCUT2D eigenvalue weighted by Crippen LogP contribution is -2.01. The SMILES string of the molecule is [C-]#[N+]c1ccc2c(c1)c1ccccc1n2-c1cc(-c2cccc(-n3c4ccccc4c4cccc(-n5c6ccccc6c6ccccc65)c43)c2)ccc1[N+]#[C-]. The molecular weight excluding hydrogens is 671 g/mol. The first-order valence-electron chi connectivity index (χ1n) is 18.3. The predicted molar refractivity (Wildman–Crippen MR) is 227 cm³/mol. The molecule has 0 aliphatic rings. The molecule has 55 heavy (non-hydrogen) atoms. The summed E-state index contributed by atoms with van der Waals surface area (Å²) in [6.07, 6.45) is 0. The fourth-order valence-electron chi connectivity index (χ4n) is 8.72. The van der Waals surface area contributed by atoms with Gasteiger partial charge in [-0.15, -0.1) is 0 Å². The summed E-state index contributed by atoms with van der Waals surface area (Å²) in [6.45, 7) is 15.8. The summed E-state index contributed by atoms with van der Waals surface area (Å²) < 4.78 is 6.99. The third kappa shape index (κ3) is 4.45. The molecule has 11 aromatic rings. The lowest BCUT2D eigenvalue weighted by molar-refractivity contribution is 1.13. The van der Waals surface area contributed by atoms with Gasteiger partial charge in [0.25, 0.3) is 0 Å². The second-order valence-corrected chi connectivity index (χ2v) is 13.9. The van der Waals surface area contributed by atoms with Crippen molar-refractivity contribution in [3.63, 3.8) is 0 Å². The van der Waals surface area contributed by atoms with Crippen molar-refractivity contribution in [3.8, 4) is 28.2 Å². The normalized spacial score (nSPS) is 11.6. The molecule has 254 valence electrons. The number of rotatable bonds is 4. The van der Waals surface area contributed by atoms with Crippen LogP contribution in [0.1, 0.15) is 0 Å². The first-order chi connectivity index (χ1) is 27.2. The Bertz CT molecular complexity index is 3420. The highest BCUT2D eigenvalue weighted by Gasteiger charge is 2.21. The van der Waals surface area contributed by atoms with Crippen molar-refractivity contribution in [3.05, 3.63) is 199 Å². The fraction of sp³-hybridized carbons (Fsp3) is 0. The summed E-state index contributed by atoms with van der Waals surface area (Å²) in [6, 6.07) is 61.5. The van der Waals surface area contributed by atoms with Crippen molar-refractivity contribution in [2.45, 2.75) is 0 Å². The number of benzene rings is 8. The van der Waals surface area contributed by atoms with Crippen LogP contribution in [0.4, 0.5) is 11.4 Å². The van der Waals surface area contributed by atoms with Gasteiger partial charge in [-0.2, -0.15) is 0 Å². The summed E-state index contributed by atoms with van der Waals surface area (Å²) in [5.41, 5.74) is 12.8. The number of aromatic nitrogens is 3. The monoisotopic (exact) mass is 699 g/mol. The molecule has 0 N–H and O–H groups in total. The summed E-state index contributed by atoms with van der Waals surface area (Å²) >= 11 is 0. The minimum Gasteiger partial charge on any atom is -0.319 e. The molecule has 0 amide bonds. The number of fused-ring (bicyclic) bond motifs is 9. The largest absolute Gasteiger partial charge is 0.319 e. The van der Waals surface area contributed by atoms with E-state index in [2.05, 4.69) is 163 Å². The first-order valence-corrected chi connectivity index (χ1v) is 18.3. The lowest BCUT2D eigenvalue weighted by atomic mass is 10.0. The van der Waals surface area contributed by atoms with Gasteiger partial charge >= 0.3 is 0 Å². The third-order valence-corrected chi connectivity index (χ3v) is 11.1. The van der Waals surface area contributed by atoms with Crippen LogP contribution in [-0.2, 0) is 0 Å². The van der Waals surface area contributed by atoms with Crippen molar-refractivity contribution in [1.82, 2.24) is 13.7 Å². The first kappa shape index (κ1) is 30.7. The fourth-order valence-corrected chi connectivity index (χ4v) is 8.72. The van der Waals surface area contributed by atoms with Crippen LogP contribution in [0.2, 0.25) is 0 Å². The smallest absolute Gasteiger partial charge is 0.210 e. The zero-order valence-corrected chi connectivity index (χ0v) is 29.5. The second kappa shape index (κ2) is 11.8. The van der Waals surface area contributed by atoms with Crippen LogP contribution in [0.3, 0.4) is 0 Å². The number of para-hydroxylation sites is 5. The zero-order valence-electron chi connectivity index (χ0n) is 29.5. The Morgan fingerprint density at radius 3 is 1.53 bits per heavy atom. The molecule has 0 saturated carbocycles. The maximum Gasteiger partial charge on any atom is 0.210 e. The molecule has 3 aromatic heterocycles. The number of hydrogen-bond donors (Lipinski definition) is 0. The van der Waals surface area contributed by atoms with Gasteiger partial charge in [0.1, 0.15) is 0 Å². The third-order valence-electron chi connectivity index (χ3n) is 11.1. The van der Waals surface area contributed by atoms with E-state index in [1.54, 1.807) is 0 Å². The Morgan fingerprint density at radius 2 is 0.873 bits per heavy atom. The molecule has 5 nitrogen and oxygen atoms in total. The Kier molecular flexibility index (Phi) is 6.61. The van der Waals surface area contributed by atoms with Crippen molar-refractivity contribution >= 4 is 76.8 Å². The maximum absolute atomic E-state index is 8.17. The molecule has 0 atom stereocenters. The summed E-state index contributed by atoms with van der Waals surface area (Å²) in [5.74, 6) is 0. The average Bonchev–Trinajstić information content (AvgIpc) is 3.89. The molecule has 0 fully saturated rings. The van der Waals surface area contributed by atoms with Crippen molar-refractivity contribution < 1.29 is 0 Å². The van der Waals surface area contributed by atoms with Gasteiger partial charge in [-0.25, -0.2) is 9.69 Å². The minimum atomic E-state index is 0.565. The summed E-state index contributed by atoms with van der Waals surface area (Å²) in [4.78, 5) is 7.69. The molecular formula is C50H29N5. The lowest BCUT2D eigenvalue weighted by Gasteiger charge is -2.16. The molecule has 5 heteroatoms. The number of hydrogen-bond acceptors (Lipinski definition) is 0. The Balaban J connectivity index is 1.15. The Labute approximate surface area is 316 Å². The van der Waals surface area contributed by atoms with Crippen LogP contribution in [0.25, 0.3) is 103 Å². The highest BCUT2D eigenvalue weighted by molar-refractivity contribution is 6.15. The minimum absolute atomic E-state index is 0.565. The summed E-state index contributed by atoms with van der Waals surface area (Å²) in [7, 11) is 0. The van der Waals surface area contributed by atoms with Crippen LogP contribution in [0.5, 0.6) is 0 Å². The van der Waals surface area contributed by atoms with Crippen molar-refractivity contribution in [1.29, 1.82) is 0 Å².